The molecule has 5 aromatic rings. The molecular formula is C33H24N2O2. The highest BCUT2D eigenvalue weighted by Gasteiger charge is 2.47. The predicted octanol–water partition coefficient (Wildman–Crippen LogP) is 6.03. The van der Waals surface area contributed by atoms with Gasteiger partial charge in [-0.25, -0.2) is 0 Å². The van der Waals surface area contributed by atoms with Crippen LogP contribution in [0, 0.1) is 11.8 Å². The van der Waals surface area contributed by atoms with Crippen molar-refractivity contribution >= 4 is 11.4 Å². The first-order valence-electron chi connectivity index (χ1n) is 12.0. The third-order valence-electron chi connectivity index (χ3n) is 7.11. The van der Waals surface area contributed by atoms with Crippen LogP contribution in [0.25, 0.3) is 11.1 Å². The van der Waals surface area contributed by atoms with Gasteiger partial charge in [-0.2, -0.15) is 0 Å². The molecule has 4 nitrogen and oxygen atoms in total. The highest BCUT2D eigenvalue weighted by Crippen LogP contribution is 2.57. The maximum Gasteiger partial charge on any atom is 0.138 e. The van der Waals surface area contributed by atoms with Crippen LogP contribution in [0.2, 0.25) is 0 Å². The summed E-state index contributed by atoms with van der Waals surface area (Å²) >= 11 is 0. The molecule has 0 heterocycles. The number of hydrogen-bond donors (Lipinski definition) is 4. The first-order chi connectivity index (χ1) is 18.0. The van der Waals surface area contributed by atoms with Gasteiger partial charge in [-0.1, -0.05) is 78.6 Å². The average Bonchev–Trinajstić information content (AvgIpc) is 3.23. The monoisotopic (exact) mass is 480 g/mol. The smallest absolute Gasteiger partial charge is 0.138 e. The van der Waals surface area contributed by atoms with Gasteiger partial charge in [-0.3, -0.25) is 0 Å². The first-order valence-corrected chi connectivity index (χ1v) is 12.0. The molecule has 0 saturated carbocycles. The second kappa shape index (κ2) is 8.51. The highest BCUT2D eigenvalue weighted by molar-refractivity contribution is 5.90. The largest absolute Gasteiger partial charge is 0.506 e. The Bertz CT molecular complexity index is 1680. The normalized spacial score (nSPS) is 12.8. The molecular weight excluding hydrogens is 456 g/mol. The number of nitrogen functional groups attached to an aromatic ring is 2. The fourth-order valence-corrected chi connectivity index (χ4v) is 5.46. The summed E-state index contributed by atoms with van der Waals surface area (Å²) < 4.78 is 0. The van der Waals surface area contributed by atoms with E-state index >= 15 is 0 Å². The SMILES string of the molecule is Nc1cc(C2(c3ccc(O)c(N)c3)c3ccccc3-c3c(C#Cc4ccccc4)cccc32)ccc1O. The molecule has 0 aromatic heterocycles. The van der Waals surface area contributed by atoms with Gasteiger partial charge in [0.15, 0.2) is 0 Å². The zero-order valence-electron chi connectivity index (χ0n) is 19.9. The molecule has 0 spiro atoms. The maximum absolute atomic E-state index is 10.2. The van der Waals surface area contributed by atoms with Crippen LogP contribution in [0.3, 0.4) is 0 Å². The van der Waals surface area contributed by atoms with E-state index in [1.54, 1.807) is 12.1 Å². The van der Waals surface area contributed by atoms with Crippen molar-refractivity contribution in [1.29, 1.82) is 0 Å². The van der Waals surface area contributed by atoms with Gasteiger partial charge in [0.1, 0.15) is 11.5 Å². The molecule has 37 heavy (non-hydrogen) atoms. The topological polar surface area (TPSA) is 92.5 Å². The van der Waals surface area contributed by atoms with Crippen molar-refractivity contribution in [2.45, 2.75) is 5.41 Å². The van der Waals surface area contributed by atoms with Gasteiger partial charge in [0.25, 0.3) is 0 Å². The third-order valence-corrected chi connectivity index (χ3v) is 7.11. The first kappa shape index (κ1) is 22.3. The Morgan fingerprint density at radius 2 is 1.16 bits per heavy atom. The van der Waals surface area contributed by atoms with Gasteiger partial charge in [-0.05, 0) is 70.3 Å². The number of anilines is 2. The van der Waals surface area contributed by atoms with E-state index in [1.165, 1.54) is 0 Å². The fraction of sp³-hybridized carbons (Fsp3) is 0.0303. The van der Waals surface area contributed by atoms with E-state index in [0.29, 0.717) is 0 Å². The van der Waals surface area contributed by atoms with Crippen LogP contribution in [-0.2, 0) is 5.41 Å². The Kier molecular flexibility index (Phi) is 5.14. The summed E-state index contributed by atoms with van der Waals surface area (Å²) in [4.78, 5) is 0. The van der Waals surface area contributed by atoms with Gasteiger partial charge < -0.3 is 21.7 Å². The summed E-state index contributed by atoms with van der Waals surface area (Å²) in [6, 6.07) is 35.0. The van der Waals surface area contributed by atoms with Crippen molar-refractivity contribution in [3.63, 3.8) is 0 Å². The number of phenols is 2. The number of nitrogens with two attached hydrogens (primary N) is 2. The van der Waals surface area contributed by atoms with Gasteiger partial charge in [0, 0.05) is 16.7 Å². The van der Waals surface area contributed by atoms with Crippen LogP contribution in [0.1, 0.15) is 33.4 Å². The molecule has 1 aliphatic carbocycles. The lowest BCUT2D eigenvalue weighted by molar-refractivity contribution is 0.477. The van der Waals surface area contributed by atoms with E-state index in [9.17, 15) is 10.2 Å². The molecule has 0 fully saturated rings. The van der Waals surface area contributed by atoms with Gasteiger partial charge in [0.2, 0.25) is 0 Å². The minimum Gasteiger partial charge on any atom is -0.506 e. The van der Waals surface area contributed by atoms with Gasteiger partial charge in [-0.15, -0.1) is 0 Å². The number of hydrogen-bond acceptors (Lipinski definition) is 4. The Morgan fingerprint density at radius 3 is 1.81 bits per heavy atom. The van der Waals surface area contributed by atoms with Crippen molar-refractivity contribution in [1.82, 2.24) is 0 Å². The molecule has 0 aliphatic heterocycles. The summed E-state index contributed by atoms with van der Waals surface area (Å²) in [6.45, 7) is 0. The van der Waals surface area contributed by atoms with Crippen LogP contribution < -0.4 is 11.5 Å². The molecule has 5 aromatic carbocycles. The van der Waals surface area contributed by atoms with Crippen molar-refractivity contribution in [2.24, 2.45) is 0 Å². The molecule has 0 radical (unpaired) electrons. The summed E-state index contributed by atoms with van der Waals surface area (Å²) in [7, 11) is 0. The van der Waals surface area contributed by atoms with Crippen LogP contribution >= 0.6 is 0 Å². The molecule has 6 N–H and O–H groups in total. The van der Waals surface area contributed by atoms with Gasteiger partial charge >= 0.3 is 0 Å². The van der Waals surface area contributed by atoms with Crippen molar-refractivity contribution in [3.8, 4) is 34.5 Å². The third kappa shape index (κ3) is 3.41. The molecule has 6 rings (SSSR count). The Hall–Kier alpha value is -5.14. The Labute approximate surface area is 215 Å². The summed E-state index contributed by atoms with van der Waals surface area (Å²) in [5, 5.41) is 20.5. The van der Waals surface area contributed by atoms with Crippen molar-refractivity contribution in [3.05, 3.63) is 143 Å². The molecule has 0 saturated heterocycles. The van der Waals surface area contributed by atoms with Crippen LogP contribution in [0.4, 0.5) is 11.4 Å². The average molecular weight is 481 g/mol. The summed E-state index contributed by atoms with van der Waals surface area (Å²) in [5.41, 5.74) is 20.0. The maximum atomic E-state index is 10.2. The van der Waals surface area contributed by atoms with Crippen LogP contribution in [-0.4, -0.2) is 10.2 Å². The molecule has 178 valence electrons. The van der Waals surface area contributed by atoms with E-state index in [0.717, 1.165) is 44.5 Å². The lowest BCUT2D eigenvalue weighted by atomic mass is 9.67. The van der Waals surface area contributed by atoms with E-state index in [4.69, 9.17) is 11.5 Å². The minimum atomic E-state index is -0.792. The second-order valence-electron chi connectivity index (χ2n) is 9.19. The molecule has 4 heteroatoms. The lowest BCUT2D eigenvalue weighted by Gasteiger charge is -2.34. The molecule has 0 atom stereocenters. The quantitative estimate of drug-likeness (QED) is 0.138. The van der Waals surface area contributed by atoms with E-state index in [-0.39, 0.29) is 22.9 Å². The summed E-state index contributed by atoms with van der Waals surface area (Å²) in [6.07, 6.45) is 0. The molecule has 0 unspecified atom stereocenters. The number of rotatable bonds is 2. The zero-order valence-corrected chi connectivity index (χ0v) is 19.9. The van der Waals surface area contributed by atoms with E-state index in [1.807, 2.05) is 78.9 Å². The van der Waals surface area contributed by atoms with Crippen molar-refractivity contribution < 1.29 is 10.2 Å². The molecule has 1 aliphatic rings. The lowest BCUT2D eigenvalue weighted by Crippen LogP contribution is -2.29. The van der Waals surface area contributed by atoms with E-state index < -0.39 is 5.41 Å². The number of fused-ring (bicyclic) bond motifs is 3. The van der Waals surface area contributed by atoms with Crippen LogP contribution in [0.15, 0.2) is 109 Å². The standard InChI is InChI=1S/C33H24N2O2/c34-28-19-23(15-17-30(28)36)33(24-16-18-31(37)29(35)20-24)26-11-5-4-10-25(26)32-22(9-6-12-27(32)33)14-13-21-7-2-1-3-8-21/h1-12,15-20,36-37H,34-35H2. The molecule has 0 amide bonds. The van der Waals surface area contributed by atoms with Crippen molar-refractivity contribution in [2.75, 3.05) is 11.5 Å². The summed E-state index contributed by atoms with van der Waals surface area (Å²) in [5.74, 6) is 6.76. The molecule has 0 bridgehead atoms. The number of benzene rings is 5. The zero-order chi connectivity index (χ0) is 25.6. The Balaban J connectivity index is 1.72. The van der Waals surface area contributed by atoms with Gasteiger partial charge in [0.05, 0.1) is 16.8 Å². The minimum absolute atomic E-state index is 0.0260. The number of phenolic OH excluding ortho intramolecular Hbond substituents is 2. The van der Waals surface area contributed by atoms with Crippen LogP contribution in [0.5, 0.6) is 11.5 Å². The number of aromatic hydroxyl groups is 2. The highest BCUT2D eigenvalue weighted by atomic mass is 16.3. The second-order valence-corrected chi connectivity index (χ2v) is 9.19. The Morgan fingerprint density at radius 1 is 0.568 bits per heavy atom. The van der Waals surface area contributed by atoms with E-state index in [2.05, 4.69) is 30.0 Å². The fourth-order valence-electron chi connectivity index (χ4n) is 5.46. The predicted molar refractivity (Wildman–Crippen MR) is 148 cm³/mol.